The van der Waals surface area contributed by atoms with Crippen molar-refractivity contribution in [2.45, 2.75) is 63.6 Å². The maximum absolute atomic E-state index is 15.8. The number of aromatic nitrogens is 1. The topological polar surface area (TPSA) is 98.0 Å². The molecule has 0 spiro atoms. The molecule has 2 atom stereocenters. The molecule has 2 aromatic rings. The number of amides is 2. The first-order valence-electron chi connectivity index (χ1n) is 14.4. The number of pyridine rings is 1. The van der Waals surface area contributed by atoms with E-state index in [1.54, 1.807) is 6.08 Å². The number of carbonyl (C=O) groups excluding carboxylic acids is 2. The van der Waals surface area contributed by atoms with E-state index in [1.807, 2.05) is 25.8 Å². The van der Waals surface area contributed by atoms with Gasteiger partial charge in [-0.2, -0.15) is 0 Å². The molecule has 0 bridgehead atoms. The second kappa shape index (κ2) is 12.2. The van der Waals surface area contributed by atoms with Gasteiger partial charge in [0.1, 0.15) is 11.9 Å². The summed E-state index contributed by atoms with van der Waals surface area (Å²) in [5.74, 6) is -4.30. The summed E-state index contributed by atoms with van der Waals surface area (Å²) < 4.78 is 74.5. The molecule has 44 heavy (non-hydrogen) atoms. The Hall–Kier alpha value is -3.94. The van der Waals surface area contributed by atoms with Gasteiger partial charge in [0.05, 0.1) is 16.9 Å². The van der Waals surface area contributed by atoms with Crippen LogP contribution in [-0.4, -0.2) is 84.1 Å². The van der Waals surface area contributed by atoms with Gasteiger partial charge in [-0.25, -0.2) is 26.7 Å². The monoisotopic (exact) mass is 623 g/mol. The number of ether oxygens (including phenoxy) is 1. The summed E-state index contributed by atoms with van der Waals surface area (Å²) in [5.41, 5.74) is -0.683. The van der Waals surface area contributed by atoms with E-state index in [-0.39, 0.29) is 42.8 Å². The maximum atomic E-state index is 15.8. The third kappa shape index (κ3) is 6.59. The minimum absolute atomic E-state index is 0.0583. The lowest BCUT2D eigenvalue weighted by atomic mass is 9.91. The fourth-order valence-electron chi connectivity index (χ4n) is 5.81. The number of anilines is 2. The molecular formula is C30H34F5N5O4. The molecule has 238 valence electrons. The number of nitrogens with zero attached hydrogens (tertiary/aromatic N) is 3. The van der Waals surface area contributed by atoms with Crippen molar-refractivity contribution >= 4 is 28.9 Å². The molecule has 14 heteroatoms. The molecule has 5 rings (SSSR count). The second-order valence-corrected chi connectivity index (χ2v) is 11.7. The van der Waals surface area contributed by atoms with Crippen molar-refractivity contribution in [3.63, 3.8) is 0 Å². The van der Waals surface area contributed by atoms with Gasteiger partial charge < -0.3 is 24.8 Å². The second-order valence-electron chi connectivity index (χ2n) is 11.7. The number of nitrogens with one attached hydrogen (secondary N) is 2. The average molecular weight is 624 g/mol. The first-order valence-corrected chi connectivity index (χ1v) is 14.4. The van der Waals surface area contributed by atoms with E-state index in [4.69, 9.17) is 4.74 Å². The number of alkyl halides is 4. The van der Waals surface area contributed by atoms with Gasteiger partial charge in [-0.1, -0.05) is 6.08 Å². The van der Waals surface area contributed by atoms with Crippen LogP contribution in [0.5, 0.6) is 0 Å². The maximum Gasteiger partial charge on any atom is 0.410 e. The van der Waals surface area contributed by atoms with Gasteiger partial charge in [0.25, 0.3) is 18.3 Å². The zero-order valence-corrected chi connectivity index (χ0v) is 24.5. The summed E-state index contributed by atoms with van der Waals surface area (Å²) >= 11 is 0. The van der Waals surface area contributed by atoms with E-state index >= 15 is 4.39 Å². The molecule has 9 nitrogen and oxygen atoms in total. The highest BCUT2D eigenvalue weighted by atomic mass is 19.3. The molecule has 0 radical (unpaired) electrons. The molecule has 2 fully saturated rings. The average Bonchev–Trinajstić information content (AvgIpc) is 2.95. The standard InChI is InChI=1S/C30H34F5N5O4/c1-16-14-40(15-17(2)38(16)3)25-10-23(31)20(8-24(25)37-28(42)22-13-36-26(41)9-21(22)27(32)33)18-4-6-39(7-5-18)29(43)44-19-11-30(34,35)12-19/h4,8-10,13,16-17,19,27H,5-7,11-12,14-15H2,1-3H3,(H,36,41)(H,37,42). The minimum Gasteiger partial charge on any atom is -0.446 e. The number of aromatic amines is 1. The van der Waals surface area contributed by atoms with Crippen molar-refractivity contribution in [3.05, 3.63) is 63.3 Å². The molecule has 1 aromatic heterocycles. The van der Waals surface area contributed by atoms with Crippen LogP contribution >= 0.6 is 0 Å². The summed E-state index contributed by atoms with van der Waals surface area (Å²) in [7, 11) is 1.98. The third-order valence-electron chi connectivity index (χ3n) is 8.60. The number of rotatable bonds is 6. The molecular weight excluding hydrogens is 589 g/mol. The Morgan fingerprint density at radius 2 is 1.80 bits per heavy atom. The third-order valence-corrected chi connectivity index (χ3v) is 8.60. The first kappa shape index (κ1) is 31.5. The largest absolute Gasteiger partial charge is 0.446 e. The zero-order chi connectivity index (χ0) is 31.9. The first-order chi connectivity index (χ1) is 20.7. The Bertz CT molecular complexity index is 1510. The normalized spacial score (nSPS) is 22.4. The fourth-order valence-corrected chi connectivity index (χ4v) is 5.81. The Kier molecular flexibility index (Phi) is 8.74. The number of hydrogen-bond acceptors (Lipinski definition) is 6. The summed E-state index contributed by atoms with van der Waals surface area (Å²) in [5, 5.41) is 2.67. The molecule has 1 saturated carbocycles. The number of piperazine rings is 1. The van der Waals surface area contributed by atoms with E-state index in [0.29, 0.717) is 30.4 Å². The van der Waals surface area contributed by atoms with Crippen LogP contribution in [0.2, 0.25) is 0 Å². The van der Waals surface area contributed by atoms with Gasteiger partial charge >= 0.3 is 6.09 Å². The summed E-state index contributed by atoms with van der Waals surface area (Å²) in [6, 6.07) is 3.59. The quantitative estimate of drug-likeness (QED) is 0.427. The number of hydrogen-bond donors (Lipinski definition) is 2. The molecule has 1 saturated heterocycles. The summed E-state index contributed by atoms with van der Waals surface area (Å²) in [4.78, 5) is 45.1. The van der Waals surface area contributed by atoms with E-state index in [9.17, 15) is 31.9 Å². The van der Waals surface area contributed by atoms with Crippen molar-refractivity contribution in [2.24, 2.45) is 0 Å². The molecule has 2 unspecified atom stereocenters. The smallest absolute Gasteiger partial charge is 0.410 e. The van der Waals surface area contributed by atoms with Gasteiger partial charge in [0.15, 0.2) is 0 Å². The van der Waals surface area contributed by atoms with Gasteiger partial charge in [-0.15, -0.1) is 0 Å². The minimum atomic E-state index is -3.08. The van der Waals surface area contributed by atoms with Crippen molar-refractivity contribution in [2.75, 3.05) is 43.4 Å². The van der Waals surface area contributed by atoms with Crippen LogP contribution in [0, 0.1) is 5.82 Å². The lowest BCUT2D eigenvalue weighted by Gasteiger charge is -2.44. The molecule has 2 aliphatic heterocycles. The van der Waals surface area contributed by atoms with Crippen LogP contribution < -0.4 is 15.8 Å². The lowest BCUT2D eigenvalue weighted by Crippen LogP contribution is -2.55. The molecule has 1 aromatic carbocycles. The Labute approximate surface area is 250 Å². The predicted molar refractivity (Wildman–Crippen MR) is 154 cm³/mol. The van der Waals surface area contributed by atoms with Crippen LogP contribution in [-0.2, 0) is 4.74 Å². The van der Waals surface area contributed by atoms with Crippen molar-refractivity contribution < 1.29 is 36.3 Å². The summed E-state index contributed by atoms with van der Waals surface area (Å²) in [6.07, 6.45) is -2.90. The zero-order valence-electron chi connectivity index (χ0n) is 24.5. The van der Waals surface area contributed by atoms with Gasteiger partial charge in [-0.3, -0.25) is 14.5 Å². The number of H-pyrrole nitrogens is 1. The van der Waals surface area contributed by atoms with Crippen molar-refractivity contribution in [1.82, 2.24) is 14.8 Å². The van der Waals surface area contributed by atoms with Crippen molar-refractivity contribution in [3.8, 4) is 0 Å². The van der Waals surface area contributed by atoms with E-state index in [1.165, 1.54) is 17.0 Å². The predicted octanol–water partition coefficient (Wildman–Crippen LogP) is 5.26. The summed E-state index contributed by atoms with van der Waals surface area (Å²) in [6.45, 7) is 5.26. The number of carbonyl (C=O) groups is 2. The molecule has 2 N–H and O–H groups in total. The van der Waals surface area contributed by atoms with Gasteiger partial charge in [-0.05, 0) is 45.0 Å². The van der Waals surface area contributed by atoms with Crippen LogP contribution in [0.25, 0.3) is 5.57 Å². The highest BCUT2D eigenvalue weighted by Gasteiger charge is 2.48. The SMILES string of the molecule is CC1CN(c2cc(F)c(C3=CCN(C(=O)OC4CC(F)(F)C4)CC3)cc2NC(=O)c2c[nH]c(=O)cc2C(F)F)CC(C)N1C. The van der Waals surface area contributed by atoms with E-state index in [0.717, 1.165) is 6.20 Å². The van der Waals surface area contributed by atoms with Crippen LogP contribution in [0.1, 0.15) is 61.0 Å². The van der Waals surface area contributed by atoms with Gasteiger partial charge in [0.2, 0.25) is 5.56 Å². The van der Waals surface area contributed by atoms with Crippen LogP contribution in [0.4, 0.5) is 38.1 Å². The van der Waals surface area contributed by atoms with E-state index < -0.39 is 65.8 Å². The molecule has 1 aliphatic carbocycles. The Morgan fingerprint density at radius 1 is 1.11 bits per heavy atom. The number of likely N-dealkylation sites (N-methyl/N-ethyl adjacent to an activating group) is 1. The highest BCUT2D eigenvalue weighted by molar-refractivity contribution is 6.07. The molecule has 3 aliphatic rings. The van der Waals surface area contributed by atoms with E-state index in [2.05, 4.69) is 15.2 Å². The Balaban J connectivity index is 1.43. The molecule has 2 amide bonds. The van der Waals surface area contributed by atoms with Gasteiger partial charge in [0, 0.05) is 74.5 Å². The fraction of sp³-hybridized carbons (Fsp3) is 0.500. The highest BCUT2D eigenvalue weighted by Crippen LogP contribution is 2.40. The Morgan fingerprint density at radius 3 is 2.39 bits per heavy atom. The molecule has 3 heterocycles. The van der Waals surface area contributed by atoms with Crippen LogP contribution in [0.3, 0.4) is 0 Å². The number of benzene rings is 1. The number of halogens is 5. The van der Waals surface area contributed by atoms with Crippen LogP contribution in [0.15, 0.2) is 35.3 Å². The lowest BCUT2D eigenvalue weighted by molar-refractivity contribution is -0.147. The van der Waals surface area contributed by atoms with Crippen molar-refractivity contribution in [1.29, 1.82) is 0 Å².